The number of carbonyl (C=O) groups excluding carboxylic acids is 1. The summed E-state index contributed by atoms with van der Waals surface area (Å²) in [5.41, 5.74) is 1.11. The molecule has 0 fully saturated rings. The van der Waals surface area contributed by atoms with Gasteiger partial charge in [-0.3, -0.25) is 4.79 Å². The van der Waals surface area contributed by atoms with Crippen LogP contribution in [0.4, 0.5) is 5.69 Å². The lowest BCUT2D eigenvalue weighted by Crippen LogP contribution is -2.11. The average Bonchev–Trinajstić information content (AvgIpc) is 2.35. The summed E-state index contributed by atoms with van der Waals surface area (Å²) in [6.45, 7) is 0. The molecule has 2 rings (SSSR count). The number of carbonyl (C=O) groups is 1. The van der Waals surface area contributed by atoms with E-state index < -0.39 is 0 Å². The van der Waals surface area contributed by atoms with E-state index in [1.807, 2.05) is 0 Å². The monoisotopic (exact) mass is 325 g/mol. The number of aromatic hydroxyl groups is 1. The molecule has 0 aromatic heterocycles. The number of nitrogens with one attached hydrogen (secondary N) is 1. The van der Waals surface area contributed by atoms with Gasteiger partial charge in [0.1, 0.15) is 5.75 Å². The highest BCUT2D eigenvalue weighted by atomic mass is 79.9. The van der Waals surface area contributed by atoms with Gasteiger partial charge in [0.25, 0.3) is 5.91 Å². The van der Waals surface area contributed by atoms with Gasteiger partial charge in [0.05, 0.1) is 4.47 Å². The second kappa shape index (κ2) is 5.42. The van der Waals surface area contributed by atoms with Gasteiger partial charge in [-0.15, -0.1) is 0 Å². The van der Waals surface area contributed by atoms with E-state index in [0.29, 0.717) is 20.7 Å². The fraction of sp³-hybridized carbons (Fsp3) is 0. The summed E-state index contributed by atoms with van der Waals surface area (Å²) in [6.07, 6.45) is 0. The number of hydrogen-bond acceptors (Lipinski definition) is 2. The molecule has 0 aliphatic heterocycles. The Bertz CT molecular complexity index is 584. The van der Waals surface area contributed by atoms with Crippen molar-refractivity contribution in [3.8, 4) is 5.75 Å². The van der Waals surface area contributed by atoms with Gasteiger partial charge in [-0.05, 0) is 58.4 Å². The van der Waals surface area contributed by atoms with Crippen LogP contribution in [0.3, 0.4) is 0 Å². The van der Waals surface area contributed by atoms with Crippen molar-refractivity contribution in [2.45, 2.75) is 0 Å². The summed E-state index contributed by atoms with van der Waals surface area (Å²) in [5.74, 6) is -0.156. The summed E-state index contributed by atoms with van der Waals surface area (Å²) in [6, 6.07) is 11.4. The summed E-state index contributed by atoms with van der Waals surface area (Å²) >= 11 is 8.92. The number of anilines is 1. The number of benzene rings is 2. The van der Waals surface area contributed by atoms with Crippen LogP contribution in [0.1, 0.15) is 10.4 Å². The normalized spacial score (nSPS) is 10.1. The van der Waals surface area contributed by atoms with E-state index >= 15 is 0 Å². The molecule has 2 aromatic rings. The van der Waals surface area contributed by atoms with Crippen molar-refractivity contribution >= 4 is 39.1 Å². The fourth-order valence-corrected chi connectivity index (χ4v) is 1.89. The van der Waals surface area contributed by atoms with E-state index in [9.17, 15) is 9.90 Å². The van der Waals surface area contributed by atoms with Gasteiger partial charge in [-0.2, -0.15) is 0 Å². The zero-order chi connectivity index (χ0) is 13.1. The minimum absolute atomic E-state index is 0.0954. The molecule has 0 unspecified atom stereocenters. The van der Waals surface area contributed by atoms with E-state index in [4.69, 9.17) is 11.6 Å². The predicted molar refractivity (Wildman–Crippen MR) is 75.2 cm³/mol. The lowest BCUT2D eigenvalue weighted by Gasteiger charge is -2.06. The van der Waals surface area contributed by atoms with Crippen molar-refractivity contribution in [2.75, 3.05) is 5.32 Å². The van der Waals surface area contributed by atoms with Crippen LogP contribution in [0.5, 0.6) is 5.75 Å². The van der Waals surface area contributed by atoms with E-state index in [1.165, 1.54) is 6.07 Å². The van der Waals surface area contributed by atoms with Crippen molar-refractivity contribution in [1.29, 1.82) is 0 Å². The number of halogens is 2. The van der Waals surface area contributed by atoms with Crippen LogP contribution >= 0.6 is 27.5 Å². The van der Waals surface area contributed by atoms with Crippen LogP contribution in [-0.4, -0.2) is 11.0 Å². The summed E-state index contributed by atoms with van der Waals surface area (Å²) in [4.78, 5) is 11.9. The van der Waals surface area contributed by atoms with Crippen LogP contribution < -0.4 is 5.32 Å². The van der Waals surface area contributed by atoms with Crippen molar-refractivity contribution in [3.63, 3.8) is 0 Å². The molecule has 0 heterocycles. The van der Waals surface area contributed by atoms with Gasteiger partial charge >= 0.3 is 0 Å². The molecule has 2 aromatic carbocycles. The molecule has 0 aliphatic rings. The standard InChI is InChI=1S/C13H9BrClNO2/c14-11-7-8(1-6-12(11)17)13(18)16-10-4-2-9(15)3-5-10/h1-7,17H,(H,16,18). The highest BCUT2D eigenvalue weighted by Crippen LogP contribution is 2.24. The Hall–Kier alpha value is -1.52. The molecule has 92 valence electrons. The van der Waals surface area contributed by atoms with Crippen LogP contribution in [0, 0.1) is 0 Å². The fourth-order valence-electron chi connectivity index (χ4n) is 1.38. The maximum Gasteiger partial charge on any atom is 0.255 e. The van der Waals surface area contributed by atoms with Crippen molar-refractivity contribution in [3.05, 3.63) is 57.5 Å². The molecular weight excluding hydrogens is 318 g/mol. The Morgan fingerprint density at radius 2 is 1.83 bits per heavy atom. The molecule has 0 saturated carbocycles. The van der Waals surface area contributed by atoms with Crippen LogP contribution in [-0.2, 0) is 0 Å². The molecule has 0 atom stereocenters. The van der Waals surface area contributed by atoms with Crippen molar-refractivity contribution in [2.24, 2.45) is 0 Å². The average molecular weight is 327 g/mol. The summed E-state index contributed by atoms with van der Waals surface area (Å²) in [7, 11) is 0. The Balaban J connectivity index is 2.16. The first-order valence-electron chi connectivity index (χ1n) is 5.12. The molecule has 0 saturated heterocycles. The first-order chi connectivity index (χ1) is 8.56. The van der Waals surface area contributed by atoms with Crippen LogP contribution in [0.15, 0.2) is 46.9 Å². The van der Waals surface area contributed by atoms with Gasteiger partial charge in [-0.25, -0.2) is 0 Å². The molecule has 5 heteroatoms. The Morgan fingerprint density at radius 3 is 2.44 bits per heavy atom. The molecule has 18 heavy (non-hydrogen) atoms. The van der Waals surface area contributed by atoms with Gasteiger partial charge in [0.2, 0.25) is 0 Å². The Labute approximate surface area is 118 Å². The Morgan fingerprint density at radius 1 is 1.17 bits per heavy atom. The highest BCUT2D eigenvalue weighted by Gasteiger charge is 2.08. The largest absolute Gasteiger partial charge is 0.507 e. The van der Waals surface area contributed by atoms with E-state index in [-0.39, 0.29) is 11.7 Å². The SMILES string of the molecule is O=C(Nc1ccc(Cl)cc1)c1ccc(O)c(Br)c1. The first kappa shape index (κ1) is 12.9. The van der Waals surface area contributed by atoms with E-state index in [0.717, 1.165) is 0 Å². The van der Waals surface area contributed by atoms with Crippen LogP contribution in [0.2, 0.25) is 5.02 Å². The van der Waals surface area contributed by atoms with Gasteiger partial charge in [0, 0.05) is 16.3 Å². The van der Waals surface area contributed by atoms with Crippen molar-refractivity contribution in [1.82, 2.24) is 0 Å². The minimum atomic E-state index is -0.252. The van der Waals surface area contributed by atoms with Crippen molar-refractivity contribution < 1.29 is 9.90 Å². The van der Waals surface area contributed by atoms with E-state index in [2.05, 4.69) is 21.2 Å². The number of amides is 1. The molecular formula is C13H9BrClNO2. The zero-order valence-corrected chi connectivity index (χ0v) is 11.5. The topological polar surface area (TPSA) is 49.3 Å². The predicted octanol–water partition coefficient (Wildman–Crippen LogP) is 4.06. The maximum atomic E-state index is 11.9. The number of hydrogen-bond donors (Lipinski definition) is 2. The molecule has 2 N–H and O–H groups in total. The number of rotatable bonds is 2. The third kappa shape index (κ3) is 3.03. The smallest absolute Gasteiger partial charge is 0.255 e. The molecule has 0 bridgehead atoms. The summed E-state index contributed by atoms with van der Waals surface area (Å²) < 4.78 is 0.478. The van der Waals surface area contributed by atoms with Gasteiger partial charge < -0.3 is 10.4 Å². The zero-order valence-electron chi connectivity index (χ0n) is 9.15. The lowest BCUT2D eigenvalue weighted by atomic mass is 10.2. The Kier molecular flexibility index (Phi) is 3.89. The molecule has 0 radical (unpaired) electrons. The van der Waals surface area contributed by atoms with Gasteiger partial charge in [-0.1, -0.05) is 11.6 Å². The molecule has 1 amide bonds. The highest BCUT2D eigenvalue weighted by molar-refractivity contribution is 9.10. The quantitative estimate of drug-likeness (QED) is 0.874. The number of phenols is 1. The second-order valence-corrected chi connectivity index (χ2v) is 4.92. The third-order valence-electron chi connectivity index (χ3n) is 2.31. The van der Waals surface area contributed by atoms with Crippen LogP contribution in [0.25, 0.3) is 0 Å². The minimum Gasteiger partial charge on any atom is -0.507 e. The number of phenolic OH excluding ortho intramolecular Hbond substituents is 1. The maximum absolute atomic E-state index is 11.9. The third-order valence-corrected chi connectivity index (χ3v) is 3.20. The first-order valence-corrected chi connectivity index (χ1v) is 6.29. The van der Waals surface area contributed by atoms with Gasteiger partial charge in [0.15, 0.2) is 0 Å². The molecule has 0 spiro atoms. The second-order valence-electron chi connectivity index (χ2n) is 3.63. The molecule has 0 aliphatic carbocycles. The molecule has 3 nitrogen and oxygen atoms in total. The summed E-state index contributed by atoms with van der Waals surface area (Å²) in [5, 5.41) is 12.7. The lowest BCUT2D eigenvalue weighted by molar-refractivity contribution is 0.102. The van der Waals surface area contributed by atoms with E-state index in [1.54, 1.807) is 36.4 Å².